The van der Waals surface area contributed by atoms with Crippen LogP contribution in [0.1, 0.15) is 24.5 Å². The summed E-state index contributed by atoms with van der Waals surface area (Å²) < 4.78 is 8.26. The summed E-state index contributed by atoms with van der Waals surface area (Å²) in [6.45, 7) is 0.977. The first kappa shape index (κ1) is 14.0. The predicted molar refractivity (Wildman–Crippen MR) is 85.4 cm³/mol. The van der Waals surface area contributed by atoms with Crippen LogP contribution < -0.4 is 0 Å². The summed E-state index contributed by atoms with van der Waals surface area (Å²) in [5.74, 6) is 0.150. The molecule has 2 heterocycles. The Balaban J connectivity index is 2.06. The summed E-state index contributed by atoms with van der Waals surface area (Å²) >= 11 is 5.40. The lowest BCUT2D eigenvalue weighted by Gasteiger charge is -2.06. The minimum absolute atomic E-state index is 0.127. The highest BCUT2D eigenvalue weighted by molar-refractivity contribution is 9.10. The highest BCUT2D eigenvalue weighted by Gasteiger charge is 2.27. The highest BCUT2D eigenvalue weighted by Crippen LogP contribution is 2.40. The number of methoxy groups -OCH3 is 1. The van der Waals surface area contributed by atoms with Crippen molar-refractivity contribution in [3.05, 3.63) is 28.4 Å². The lowest BCUT2D eigenvalue weighted by atomic mass is 10.0. The van der Waals surface area contributed by atoms with Crippen LogP contribution in [0.25, 0.3) is 10.9 Å². The van der Waals surface area contributed by atoms with Crippen molar-refractivity contribution in [3.63, 3.8) is 0 Å². The van der Waals surface area contributed by atoms with Gasteiger partial charge in [-0.3, -0.25) is 4.79 Å². The third kappa shape index (κ3) is 2.27. The van der Waals surface area contributed by atoms with E-state index in [1.165, 1.54) is 28.6 Å². The summed E-state index contributed by atoms with van der Waals surface area (Å²) in [5.41, 5.74) is 2.51. The average molecular weight is 354 g/mol. The Labute approximate surface area is 130 Å². The molecule has 0 aliphatic carbocycles. The van der Waals surface area contributed by atoms with Crippen LogP contribution in [0.4, 0.5) is 0 Å². The first-order valence-corrected chi connectivity index (χ1v) is 8.59. The van der Waals surface area contributed by atoms with Crippen LogP contribution in [0.3, 0.4) is 0 Å². The van der Waals surface area contributed by atoms with Gasteiger partial charge in [-0.15, -0.1) is 11.8 Å². The average Bonchev–Trinajstić information content (AvgIpc) is 2.99. The van der Waals surface area contributed by atoms with E-state index >= 15 is 0 Å². The number of carbonyl (C=O) groups excluding carboxylic acids is 1. The molecule has 1 atom stereocenters. The van der Waals surface area contributed by atoms with Gasteiger partial charge in [-0.25, -0.2) is 0 Å². The molecule has 0 radical (unpaired) electrons. The van der Waals surface area contributed by atoms with E-state index < -0.39 is 0 Å². The van der Waals surface area contributed by atoms with Gasteiger partial charge in [0.2, 0.25) is 0 Å². The maximum absolute atomic E-state index is 11.5. The maximum atomic E-state index is 11.5. The van der Waals surface area contributed by atoms with Crippen LogP contribution in [0.15, 0.2) is 27.6 Å². The molecular formula is C15H16BrNO2S. The summed E-state index contributed by atoms with van der Waals surface area (Å²) in [4.78, 5) is 12.8. The normalized spacial score (nSPS) is 17.4. The molecule has 1 unspecified atom stereocenters. The molecule has 1 aliphatic rings. The zero-order valence-electron chi connectivity index (χ0n) is 11.5. The van der Waals surface area contributed by atoms with Gasteiger partial charge in [-0.05, 0) is 30.9 Å². The fourth-order valence-corrected chi connectivity index (χ4v) is 4.12. The topological polar surface area (TPSA) is 31.2 Å². The molecule has 0 saturated carbocycles. The monoisotopic (exact) mass is 353 g/mol. The van der Waals surface area contributed by atoms with Crippen molar-refractivity contribution >= 4 is 44.6 Å². The smallest absolute Gasteiger partial charge is 0.306 e. The van der Waals surface area contributed by atoms with Crippen molar-refractivity contribution in [1.29, 1.82) is 0 Å². The molecule has 106 valence electrons. The Morgan fingerprint density at radius 2 is 2.30 bits per heavy atom. The standard InChI is InChI=1S/C15H16BrNO2S/c1-19-15(18)5-9-3-4-17-13(9)8-11-12(16)6-10(20-2)7-14(11)17/h6-9H,3-5H2,1-2H3. The number of halogens is 1. The van der Waals surface area contributed by atoms with Crippen molar-refractivity contribution in [2.45, 2.75) is 30.2 Å². The molecule has 1 aromatic heterocycles. The van der Waals surface area contributed by atoms with E-state index in [1.54, 1.807) is 11.8 Å². The van der Waals surface area contributed by atoms with Crippen LogP contribution >= 0.6 is 27.7 Å². The van der Waals surface area contributed by atoms with E-state index in [-0.39, 0.29) is 11.9 Å². The Bertz CT molecular complexity index is 680. The van der Waals surface area contributed by atoms with Crippen LogP contribution in [-0.2, 0) is 16.1 Å². The van der Waals surface area contributed by atoms with Gasteiger partial charge in [0.05, 0.1) is 19.0 Å². The molecular weight excluding hydrogens is 338 g/mol. The molecule has 0 amide bonds. The SMILES string of the molecule is COC(=O)CC1CCn2c1cc1c(Br)cc(SC)cc12. The van der Waals surface area contributed by atoms with E-state index in [1.807, 2.05) is 0 Å². The maximum Gasteiger partial charge on any atom is 0.306 e. The number of aromatic nitrogens is 1. The number of hydrogen-bond acceptors (Lipinski definition) is 3. The molecule has 5 heteroatoms. The Kier molecular flexibility index (Phi) is 3.82. The lowest BCUT2D eigenvalue weighted by molar-refractivity contribution is -0.141. The fraction of sp³-hybridized carbons (Fsp3) is 0.400. The molecule has 3 rings (SSSR count). The number of esters is 1. The first-order valence-electron chi connectivity index (χ1n) is 6.57. The number of rotatable bonds is 3. The van der Waals surface area contributed by atoms with Gasteiger partial charge in [0.15, 0.2) is 0 Å². The molecule has 1 aromatic carbocycles. The summed E-state index contributed by atoms with van der Waals surface area (Å²) in [5, 5.41) is 1.23. The van der Waals surface area contributed by atoms with Crippen molar-refractivity contribution in [2.75, 3.05) is 13.4 Å². The minimum atomic E-state index is -0.127. The molecule has 0 N–H and O–H groups in total. The second kappa shape index (κ2) is 5.45. The van der Waals surface area contributed by atoms with E-state index in [0.29, 0.717) is 6.42 Å². The van der Waals surface area contributed by atoms with Gasteiger partial charge in [-0.1, -0.05) is 15.9 Å². The number of ether oxygens (including phenoxy) is 1. The van der Waals surface area contributed by atoms with E-state index in [4.69, 9.17) is 4.74 Å². The van der Waals surface area contributed by atoms with Gasteiger partial charge in [0, 0.05) is 32.9 Å². The summed E-state index contributed by atoms with van der Waals surface area (Å²) in [6.07, 6.45) is 3.57. The van der Waals surface area contributed by atoms with Crippen LogP contribution in [0, 0.1) is 0 Å². The Morgan fingerprint density at radius 3 is 3.00 bits per heavy atom. The molecule has 0 spiro atoms. The molecule has 20 heavy (non-hydrogen) atoms. The number of carbonyl (C=O) groups is 1. The molecule has 2 aromatic rings. The predicted octanol–water partition coefficient (Wildman–Crippen LogP) is 4.18. The second-order valence-corrected chi connectivity index (χ2v) is 6.76. The van der Waals surface area contributed by atoms with Gasteiger partial charge < -0.3 is 9.30 Å². The largest absolute Gasteiger partial charge is 0.469 e. The number of aryl methyl sites for hydroxylation is 1. The van der Waals surface area contributed by atoms with E-state index in [9.17, 15) is 4.79 Å². The zero-order valence-corrected chi connectivity index (χ0v) is 13.9. The summed E-state index contributed by atoms with van der Waals surface area (Å²) in [7, 11) is 1.45. The van der Waals surface area contributed by atoms with E-state index in [2.05, 4.69) is 45.0 Å². The number of nitrogens with zero attached hydrogens (tertiary/aromatic N) is 1. The van der Waals surface area contributed by atoms with Gasteiger partial charge in [-0.2, -0.15) is 0 Å². The minimum Gasteiger partial charge on any atom is -0.469 e. The Hall–Kier alpha value is -0.940. The zero-order chi connectivity index (χ0) is 14.3. The van der Waals surface area contributed by atoms with Crippen molar-refractivity contribution in [1.82, 2.24) is 4.57 Å². The van der Waals surface area contributed by atoms with Gasteiger partial charge >= 0.3 is 5.97 Å². The lowest BCUT2D eigenvalue weighted by Crippen LogP contribution is -2.06. The van der Waals surface area contributed by atoms with Crippen molar-refractivity contribution in [2.24, 2.45) is 0 Å². The molecule has 0 fully saturated rings. The van der Waals surface area contributed by atoms with Crippen LogP contribution in [-0.4, -0.2) is 23.9 Å². The van der Waals surface area contributed by atoms with Crippen molar-refractivity contribution < 1.29 is 9.53 Å². The number of benzene rings is 1. The second-order valence-electron chi connectivity index (χ2n) is 5.03. The molecule has 1 aliphatic heterocycles. The van der Waals surface area contributed by atoms with Gasteiger partial charge in [0.25, 0.3) is 0 Å². The third-order valence-electron chi connectivity index (χ3n) is 3.97. The molecule has 3 nitrogen and oxygen atoms in total. The number of fused-ring (bicyclic) bond motifs is 3. The summed E-state index contributed by atoms with van der Waals surface area (Å²) in [6, 6.07) is 6.59. The Morgan fingerprint density at radius 1 is 1.50 bits per heavy atom. The number of hydrogen-bond donors (Lipinski definition) is 0. The highest BCUT2D eigenvalue weighted by atomic mass is 79.9. The third-order valence-corrected chi connectivity index (χ3v) is 5.33. The van der Waals surface area contributed by atoms with Crippen LogP contribution in [0.5, 0.6) is 0 Å². The van der Waals surface area contributed by atoms with Crippen LogP contribution in [0.2, 0.25) is 0 Å². The first-order chi connectivity index (χ1) is 9.63. The quantitative estimate of drug-likeness (QED) is 0.612. The fourth-order valence-electron chi connectivity index (χ4n) is 2.94. The molecule has 0 saturated heterocycles. The van der Waals surface area contributed by atoms with E-state index in [0.717, 1.165) is 17.4 Å². The number of thioether (sulfide) groups is 1. The van der Waals surface area contributed by atoms with Gasteiger partial charge in [0.1, 0.15) is 0 Å². The van der Waals surface area contributed by atoms with Crippen molar-refractivity contribution in [3.8, 4) is 0 Å². The molecule has 0 bridgehead atoms.